The number of para-hydroxylation sites is 1. The minimum Gasteiger partial charge on any atom is -0.340 e. The highest BCUT2D eigenvalue weighted by molar-refractivity contribution is 7.13. The minimum atomic E-state index is 0.0115. The summed E-state index contributed by atoms with van der Waals surface area (Å²) in [5.74, 6) is 2.04. The summed E-state index contributed by atoms with van der Waals surface area (Å²) in [5.41, 5.74) is 0.714. The molecule has 1 saturated heterocycles. The summed E-state index contributed by atoms with van der Waals surface area (Å²) in [6.45, 7) is 3.40. The number of carbonyl (C=O) groups is 1. The van der Waals surface area contributed by atoms with Gasteiger partial charge in [0.25, 0.3) is 5.56 Å². The molecule has 2 aliphatic rings. The van der Waals surface area contributed by atoms with Crippen LogP contribution in [0.2, 0.25) is 0 Å². The van der Waals surface area contributed by atoms with Crippen molar-refractivity contribution in [3.05, 3.63) is 63.8 Å². The van der Waals surface area contributed by atoms with Gasteiger partial charge < -0.3 is 9.42 Å². The molecule has 9 nitrogen and oxygen atoms in total. The van der Waals surface area contributed by atoms with Gasteiger partial charge in [-0.3, -0.25) is 19.1 Å². The van der Waals surface area contributed by atoms with E-state index in [1.165, 1.54) is 0 Å². The third-order valence-electron chi connectivity index (χ3n) is 6.65. The van der Waals surface area contributed by atoms with Crippen molar-refractivity contribution in [2.24, 2.45) is 0 Å². The molecular weight excluding hydrogens is 464 g/mol. The topological polar surface area (TPSA) is 97.4 Å². The Kier molecular flexibility index (Phi) is 5.91. The number of hydrogen-bond donors (Lipinski definition) is 0. The van der Waals surface area contributed by atoms with Crippen LogP contribution in [0.25, 0.3) is 21.6 Å². The molecule has 10 heteroatoms. The maximum absolute atomic E-state index is 13.0. The van der Waals surface area contributed by atoms with E-state index in [0.29, 0.717) is 55.1 Å². The maximum atomic E-state index is 13.0. The van der Waals surface area contributed by atoms with Crippen LogP contribution >= 0.6 is 11.3 Å². The van der Waals surface area contributed by atoms with Crippen LogP contribution in [0.1, 0.15) is 37.0 Å². The molecule has 4 aromatic rings. The predicted molar refractivity (Wildman–Crippen MR) is 132 cm³/mol. The average molecular weight is 491 g/mol. The normalized spacial score (nSPS) is 16.7. The zero-order valence-corrected chi connectivity index (χ0v) is 20.1. The van der Waals surface area contributed by atoms with E-state index >= 15 is 0 Å². The number of thiophene rings is 1. The van der Waals surface area contributed by atoms with Crippen LogP contribution < -0.4 is 5.56 Å². The lowest BCUT2D eigenvalue weighted by Crippen LogP contribution is -2.48. The summed E-state index contributed by atoms with van der Waals surface area (Å²) in [6.07, 6.45) is 2.82. The second-order valence-corrected chi connectivity index (χ2v) is 10.0. The summed E-state index contributed by atoms with van der Waals surface area (Å²) in [5, 5.41) is 6.71. The number of fused-ring (bicyclic) bond motifs is 1. The van der Waals surface area contributed by atoms with Gasteiger partial charge in [-0.15, -0.1) is 11.3 Å². The number of piperazine rings is 1. The number of benzene rings is 1. The van der Waals surface area contributed by atoms with Crippen LogP contribution in [0.5, 0.6) is 0 Å². The van der Waals surface area contributed by atoms with Gasteiger partial charge in [-0.1, -0.05) is 23.4 Å². The third-order valence-corrected chi connectivity index (χ3v) is 7.51. The molecule has 0 atom stereocenters. The first-order valence-electron chi connectivity index (χ1n) is 12.0. The minimum absolute atomic E-state index is 0.0115. The number of aromatic nitrogens is 4. The van der Waals surface area contributed by atoms with Crippen molar-refractivity contribution in [3.63, 3.8) is 0 Å². The van der Waals surface area contributed by atoms with E-state index in [2.05, 4.69) is 15.0 Å². The maximum Gasteiger partial charge on any atom is 0.261 e. The molecule has 0 radical (unpaired) electrons. The van der Waals surface area contributed by atoms with Gasteiger partial charge in [-0.05, 0) is 36.4 Å². The van der Waals surface area contributed by atoms with Crippen LogP contribution in [0.3, 0.4) is 0 Å². The number of rotatable bonds is 7. The molecular formula is C25H26N6O3S. The van der Waals surface area contributed by atoms with Gasteiger partial charge in [-0.2, -0.15) is 4.98 Å². The molecule has 3 aromatic heterocycles. The van der Waals surface area contributed by atoms with E-state index in [0.717, 1.165) is 36.6 Å². The number of aryl methyl sites for hydroxylation is 1. The van der Waals surface area contributed by atoms with Crippen molar-refractivity contribution in [2.75, 3.05) is 26.2 Å². The summed E-state index contributed by atoms with van der Waals surface area (Å²) in [4.78, 5) is 40.4. The standard InChI is InChI=1S/C25H26N6O3S/c32-23(10-9-21-26-19-5-2-1-4-18(19)25(33)31(21)17-7-8-17)30-13-11-29(12-14-30)16-22-27-24(28-34-22)20-6-3-15-35-20/h1-6,15,17H,7-14,16H2. The summed E-state index contributed by atoms with van der Waals surface area (Å²) in [6, 6.07) is 11.6. The van der Waals surface area contributed by atoms with Gasteiger partial charge in [0.15, 0.2) is 0 Å². The number of nitrogens with zero attached hydrogens (tertiary/aromatic N) is 6. The van der Waals surface area contributed by atoms with Crippen molar-refractivity contribution in [3.8, 4) is 10.7 Å². The Labute approximate surface area is 206 Å². The molecule has 0 spiro atoms. The van der Waals surface area contributed by atoms with E-state index < -0.39 is 0 Å². The first-order valence-corrected chi connectivity index (χ1v) is 12.9. The molecule has 1 saturated carbocycles. The lowest BCUT2D eigenvalue weighted by atomic mass is 10.2. The van der Waals surface area contributed by atoms with Gasteiger partial charge in [0.2, 0.25) is 17.6 Å². The fourth-order valence-electron chi connectivity index (χ4n) is 4.63. The van der Waals surface area contributed by atoms with Gasteiger partial charge in [0, 0.05) is 45.1 Å². The molecule has 1 aliphatic heterocycles. The molecule has 2 fully saturated rings. The third kappa shape index (κ3) is 4.63. The van der Waals surface area contributed by atoms with Crippen LogP contribution in [-0.4, -0.2) is 61.6 Å². The Bertz CT molecular complexity index is 1400. The molecule has 1 amide bonds. The Morgan fingerprint density at radius 2 is 1.89 bits per heavy atom. The predicted octanol–water partition coefficient (Wildman–Crippen LogP) is 3.12. The molecule has 180 valence electrons. The molecule has 4 heterocycles. The summed E-state index contributed by atoms with van der Waals surface area (Å²) in [7, 11) is 0. The van der Waals surface area contributed by atoms with Gasteiger partial charge in [0.05, 0.1) is 22.3 Å². The summed E-state index contributed by atoms with van der Waals surface area (Å²) >= 11 is 1.58. The molecule has 0 bridgehead atoms. The Hall–Kier alpha value is -3.37. The van der Waals surface area contributed by atoms with E-state index in [9.17, 15) is 9.59 Å². The fourth-order valence-corrected chi connectivity index (χ4v) is 5.28. The first-order chi connectivity index (χ1) is 17.2. The quantitative estimate of drug-likeness (QED) is 0.393. The number of hydrogen-bond acceptors (Lipinski definition) is 8. The van der Waals surface area contributed by atoms with Gasteiger partial charge in [0.1, 0.15) is 5.82 Å². The van der Waals surface area contributed by atoms with Crippen molar-refractivity contribution < 1.29 is 9.32 Å². The SMILES string of the molecule is O=C(CCc1nc2ccccc2c(=O)n1C1CC1)N1CCN(Cc2nc(-c3cccs3)no2)CC1. The Morgan fingerprint density at radius 3 is 2.66 bits per heavy atom. The second kappa shape index (κ2) is 9.35. The van der Waals surface area contributed by atoms with Crippen LogP contribution in [0.15, 0.2) is 51.1 Å². The Morgan fingerprint density at radius 1 is 1.06 bits per heavy atom. The van der Waals surface area contributed by atoms with E-state index in [1.807, 2.05) is 51.2 Å². The molecule has 0 N–H and O–H groups in total. The van der Waals surface area contributed by atoms with Gasteiger partial charge in [-0.25, -0.2) is 4.98 Å². The second-order valence-electron chi connectivity index (χ2n) is 9.10. The van der Waals surface area contributed by atoms with E-state index in [1.54, 1.807) is 11.3 Å². The highest BCUT2D eigenvalue weighted by Crippen LogP contribution is 2.35. The first kappa shape index (κ1) is 22.1. The van der Waals surface area contributed by atoms with Crippen LogP contribution in [-0.2, 0) is 17.8 Å². The van der Waals surface area contributed by atoms with E-state index in [4.69, 9.17) is 9.51 Å². The van der Waals surface area contributed by atoms with Crippen molar-refractivity contribution in [1.82, 2.24) is 29.5 Å². The number of carbonyl (C=O) groups excluding carboxylic acids is 1. The zero-order valence-electron chi connectivity index (χ0n) is 19.3. The summed E-state index contributed by atoms with van der Waals surface area (Å²) < 4.78 is 7.24. The molecule has 0 unspecified atom stereocenters. The highest BCUT2D eigenvalue weighted by atomic mass is 32.1. The largest absolute Gasteiger partial charge is 0.340 e. The molecule has 6 rings (SSSR count). The monoisotopic (exact) mass is 490 g/mol. The van der Waals surface area contributed by atoms with Crippen LogP contribution in [0.4, 0.5) is 0 Å². The number of amides is 1. The van der Waals surface area contributed by atoms with Gasteiger partial charge >= 0.3 is 0 Å². The molecule has 1 aliphatic carbocycles. The van der Waals surface area contributed by atoms with Crippen molar-refractivity contribution in [2.45, 2.75) is 38.3 Å². The molecule has 35 heavy (non-hydrogen) atoms. The smallest absolute Gasteiger partial charge is 0.261 e. The lowest BCUT2D eigenvalue weighted by molar-refractivity contribution is -0.133. The van der Waals surface area contributed by atoms with E-state index in [-0.39, 0.29) is 17.5 Å². The fraction of sp³-hybridized carbons (Fsp3) is 0.400. The van der Waals surface area contributed by atoms with Crippen LogP contribution in [0, 0.1) is 0 Å². The highest BCUT2D eigenvalue weighted by Gasteiger charge is 2.29. The van der Waals surface area contributed by atoms with Crippen molar-refractivity contribution >= 4 is 28.1 Å². The average Bonchev–Trinajstić information content (AvgIpc) is 3.35. The zero-order chi connectivity index (χ0) is 23.8. The van der Waals surface area contributed by atoms with Crippen molar-refractivity contribution in [1.29, 1.82) is 0 Å². The lowest BCUT2D eigenvalue weighted by Gasteiger charge is -2.34. The Balaban J connectivity index is 1.05. The molecule has 1 aromatic carbocycles.